The van der Waals surface area contributed by atoms with Crippen molar-refractivity contribution in [3.05, 3.63) is 62.9 Å². The van der Waals surface area contributed by atoms with E-state index in [2.05, 4.69) is 0 Å². The summed E-state index contributed by atoms with van der Waals surface area (Å²) in [6.45, 7) is 0. The fourth-order valence-electron chi connectivity index (χ4n) is 1.71. The molecule has 8 heteroatoms. The largest absolute Gasteiger partial charge is 0.399 e. The van der Waals surface area contributed by atoms with Gasteiger partial charge in [-0.15, -0.1) is 0 Å². The molecule has 0 fully saturated rings. The summed E-state index contributed by atoms with van der Waals surface area (Å²) in [5.74, 6) is -0.562. The van der Waals surface area contributed by atoms with E-state index in [1.807, 2.05) is 0 Å². The Bertz CT molecular complexity index is 719. The lowest BCUT2D eigenvalue weighted by Gasteiger charge is -2.06. The number of nitrogens with zero attached hydrogens (tertiary/aromatic N) is 1. The Kier molecular flexibility index (Phi) is 4.54. The van der Waals surface area contributed by atoms with Gasteiger partial charge >= 0.3 is 0 Å². The fraction of sp³-hybridized carbons (Fsp3) is 0.0769. The minimum Gasteiger partial charge on any atom is -0.399 e. The summed E-state index contributed by atoms with van der Waals surface area (Å²) in [6.07, 6.45) is 0. The van der Waals surface area contributed by atoms with Gasteiger partial charge in [0.05, 0.1) is 26.5 Å². The van der Waals surface area contributed by atoms with Crippen LogP contribution in [-0.4, -0.2) is 9.13 Å². The number of benzene rings is 2. The quantitative estimate of drug-likeness (QED) is 0.530. The van der Waals surface area contributed by atoms with Gasteiger partial charge in [-0.05, 0) is 29.8 Å². The van der Waals surface area contributed by atoms with Crippen molar-refractivity contribution in [2.45, 2.75) is 10.6 Å². The van der Waals surface area contributed by atoms with Gasteiger partial charge in [0, 0.05) is 22.7 Å². The van der Waals surface area contributed by atoms with E-state index < -0.39 is 21.5 Å². The Morgan fingerprint density at radius 2 is 2.00 bits per heavy atom. The SMILES string of the molecule is Nc1cc(F)cc(S(=O)Cc2ccc([N+](=O)[O-])cc2Cl)c1. The van der Waals surface area contributed by atoms with Crippen molar-refractivity contribution in [3.8, 4) is 0 Å². The van der Waals surface area contributed by atoms with Crippen LogP contribution in [0.4, 0.5) is 15.8 Å². The van der Waals surface area contributed by atoms with Crippen LogP contribution in [-0.2, 0) is 16.6 Å². The lowest BCUT2D eigenvalue weighted by atomic mass is 10.2. The Morgan fingerprint density at radius 1 is 1.29 bits per heavy atom. The Morgan fingerprint density at radius 3 is 2.57 bits per heavy atom. The Balaban J connectivity index is 2.25. The third-order valence-electron chi connectivity index (χ3n) is 2.69. The van der Waals surface area contributed by atoms with Gasteiger partial charge in [0.2, 0.25) is 0 Å². The smallest absolute Gasteiger partial charge is 0.270 e. The van der Waals surface area contributed by atoms with Crippen molar-refractivity contribution >= 4 is 33.8 Å². The number of hydrogen-bond acceptors (Lipinski definition) is 4. The van der Waals surface area contributed by atoms with Crippen LogP contribution >= 0.6 is 11.6 Å². The van der Waals surface area contributed by atoms with E-state index in [1.54, 1.807) is 0 Å². The molecule has 5 nitrogen and oxygen atoms in total. The maximum atomic E-state index is 13.2. The first-order chi connectivity index (χ1) is 9.86. The standard InChI is InChI=1S/C13H10ClFN2O3S/c14-13-6-11(17(18)19)2-1-8(13)7-21(20)12-4-9(15)3-10(16)5-12/h1-6H,7,16H2. The van der Waals surface area contributed by atoms with E-state index in [4.69, 9.17) is 17.3 Å². The van der Waals surface area contributed by atoms with E-state index in [9.17, 15) is 18.7 Å². The van der Waals surface area contributed by atoms with Gasteiger partial charge in [-0.2, -0.15) is 0 Å². The number of nitrogen functional groups attached to an aromatic ring is 1. The molecule has 0 saturated heterocycles. The van der Waals surface area contributed by atoms with Crippen LogP contribution in [0.15, 0.2) is 41.3 Å². The zero-order chi connectivity index (χ0) is 15.6. The molecule has 0 radical (unpaired) electrons. The molecule has 0 heterocycles. The van der Waals surface area contributed by atoms with Crippen LogP contribution in [0.25, 0.3) is 0 Å². The number of anilines is 1. The van der Waals surface area contributed by atoms with Crippen molar-refractivity contribution in [3.63, 3.8) is 0 Å². The highest BCUT2D eigenvalue weighted by atomic mass is 35.5. The Labute approximate surface area is 127 Å². The summed E-state index contributed by atoms with van der Waals surface area (Å²) in [5.41, 5.74) is 6.00. The number of nitro groups is 1. The van der Waals surface area contributed by atoms with Crippen molar-refractivity contribution < 1.29 is 13.5 Å². The molecule has 21 heavy (non-hydrogen) atoms. The molecular formula is C13H10ClFN2O3S. The minimum absolute atomic E-state index is 0.0136. The van der Waals surface area contributed by atoms with Crippen LogP contribution in [0.2, 0.25) is 5.02 Å². The third-order valence-corrected chi connectivity index (χ3v) is 4.38. The van der Waals surface area contributed by atoms with E-state index in [0.29, 0.717) is 5.56 Å². The average Bonchev–Trinajstić information content (AvgIpc) is 2.39. The molecule has 2 N–H and O–H groups in total. The summed E-state index contributed by atoms with van der Waals surface area (Å²) in [6, 6.07) is 7.57. The monoisotopic (exact) mass is 328 g/mol. The fourth-order valence-corrected chi connectivity index (χ4v) is 3.24. The van der Waals surface area contributed by atoms with Gasteiger partial charge in [-0.3, -0.25) is 14.3 Å². The van der Waals surface area contributed by atoms with E-state index in [-0.39, 0.29) is 27.0 Å². The molecule has 2 rings (SSSR count). The maximum absolute atomic E-state index is 13.2. The predicted octanol–water partition coefficient (Wildman–Crippen LogP) is 3.28. The topological polar surface area (TPSA) is 86.2 Å². The van der Waals surface area contributed by atoms with E-state index in [1.165, 1.54) is 24.3 Å². The second-order valence-electron chi connectivity index (χ2n) is 4.24. The number of nitrogens with two attached hydrogens (primary N) is 1. The molecule has 0 spiro atoms. The first-order valence-electron chi connectivity index (χ1n) is 5.74. The number of halogens is 2. The first kappa shape index (κ1) is 15.4. The summed E-state index contributed by atoms with van der Waals surface area (Å²) in [4.78, 5) is 10.3. The molecule has 0 aliphatic heterocycles. The summed E-state index contributed by atoms with van der Waals surface area (Å²) < 4.78 is 25.4. The average molecular weight is 329 g/mol. The highest BCUT2D eigenvalue weighted by Crippen LogP contribution is 2.25. The van der Waals surface area contributed by atoms with E-state index in [0.717, 1.165) is 12.1 Å². The molecule has 110 valence electrons. The third kappa shape index (κ3) is 3.77. The minimum atomic E-state index is -1.56. The van der Waals surface area contributed by atoms with Crippen molar-refractivity contribution in [2.75, 3.05) is 5.73 Å². The second kappa shape index (κ2) is 6.19. The molecule has 0 bridgehead atoms. The molecule has 0 aliphatic rings. The van der Waals surface area contributed by atoms with Gasteiger partial charge < -0.3 is 5.73 Å². The summed E-state index contributed by atoms with van der Waals surface area (Å²) in [5, 5.41) is 10.8. The van der Waals surface area contributed by atoms with E-state index >= 15 is 0 Å². The van der Waals surface area contributed by atoms with Gasteiger partial charge in [0.25, 0.3) is 5.69 Å². The highest BCUT2D eigenvalue weighted by molar-refractivity contribution is 7.84. The molecule has 2 aromatic rings. The van der Waals surface area contributed by atoms with Crippen molar-refractivity contribution in [1.29, 1.82) is 0 Å². The van der Waals surface area contributed by atoms with Gasteiger partial charge in [-0.25, -0.2) is 4.39 Å². The number of nitro benzene ring substituents is 1. The van der Waals surface area contributed by atoms with Crippen LogP contribution in [0, 0.1) is 15.9 Å². The Hall–Kier alpha value is -1.99. The number of non-ortho nitro benzene ring substituents is 1. The lowest BCUT2D eigenvalue weighted by Crippen LogP contribution is -2.00. The zero-order valence-corrected chi connectivity index (χ0v) is 12.2. The predicted molar refractivity (Wildman–Crippen MR) is 79.0 cm³/mol. The second-order valence-corrected chi connectivity index (χ2v) is 6.10. The van der Waals surface area contributed by atoms with Crippen molar-refractivity contribution in [1.82, 2.24) is 0 Å². The molecule has 2 aromatic carbocycles. The molecule has 0 saturated carbocycles. The lowest BCUT2D eigenvalue weighted by molar-refractivity contribution is -0.384. The van der Waals surface area contributed by atoms with Crippen LogP contribution in [0.1, 0.15) is 5.56 Å². The van der Waals surface area contributed by atoms with Crippen molar-refractivity contribution in [2.24, 2.45) is 0 Å². The van der Waals surface area contributed by atoms with Crippen LogP contribution in [0.3, 0.4) is 0 Å². The zero-order valence-electron chi connectivity index (χ0n) is 10.6. The van der Waals surface area contributed by atoms with Crippen LogP contribution in [0.5, 0.6) is 0 Å². The normalized spacial score (nSPS) is 12.1. The number of rotatable bonds is 4. The molecule has 0 aliphatic carbocycles. The van der Waals surface area contributed by atoms with Gasteiger partial charge in [0.15, 0.2) is 0 Å². The first-order valence-corrected chi connectivity index (χ1v) is 7.44. The van der Waals surface area contributed by atoms with Crippen LogP contribution < -0.4 is 5.73 Å². The number of hydrogen-bond donors (Lipinski definition) is 1. The molecule has 1 unspecified atom stereocenters. The molecule has 1 atom stereocenters. The molecular weight excluding hydrogens is 319 g/mol. The highest BCUT2D eigenvalue weighted by Gasteiger charge is 2.13. The molecule has 0 aromatic heterocycles. The summed E-state index contributed by atoms with van der Waals surface area (Å²) in [7, 11) is -1.56. The summed E-state index contributed by atoms with van der Waals surface area (Å²) >= 11 is 5.93. The maximum Gasteiger partial charge on any atom is 0.270 e. The van der Waals surface area contributed by atoms with Gasteiger partial charge in [-0.1, -0.05) is 11.6 Å². The van der Waals surface area contributed by atoms with Gasteiger partial charge in [0.1, 0.15) is 5.82 Å². The molecule has 0 amide bonds.